The second-order valence-electron chi connectivity index (χ2n) is 0.967. The first-order chi connectivity index (χ1) is 4.73. The Kier molecular flexibility index (Phi) is 24.1. The van der Waals surface area contributed by atoms with Gasteiger partial charge in [0.05, 0.1) is 0 Å². The molecule has 9 nitrogen and oxygen atoms in total. The molecule has 0 amide bonds. The van der Waals surface area contributed by atoms with Crippen molar-refractivity contribution >= 4 is 16.4 Å². The Morgan fingerprint density at radius 2 is 1.17 bits per heavy atom. The molecule has 0 fully saturated rings. The molecule has 10 heteroatoms. The first kappa shape index (κ1) is 22.5. The van der Waals surface area contributed by atoms with Gasteiger partial charge in [-0.25, -0.2) is 0 Å². The summed E-state index contributed by atoms with van der Waals surface area (Å²) in [6, 6.07) is 0. The van der Waals surface area contributed by atoms with Crippen LogP contribution in [0.1, 0.15) is 6.92 Å². The Labute approximate surface area is 67.7 Å². The third-order valence-corrected chi connectivity index (χ3v) is 0. The largest absolute Gasteiger partial charge is 0.481 e. The fourth-order valence-electron chi connectivity index (χ4n) is 0. The molecule has 0 aliphatic rings. The maximum atomic E-state index is 9.00. The SMILES string of the molecule is CC(=O)O.O.O=S(=O)(O)O.OO. The molecule has 0 saturated carbocycles. The standard InChI is InChI=1S/C2H4O2.H2O4S.H2O2.H2O/c1-2(3)4;1-5(2,3)4;1-2;/h1H3,(H,3,4);(H2,1,2,3,4);1-2H;1H2. The van der Waals surface area contributed by atoms with Gasteiger partial charge in [-0.2, -0.15) is 8.42 Å². The van der Waals surface area contributed by atoms with Gasteiger partial charge in [-0.3, -0.25) is 24.4 Å². The lowest BCUT2D eigenvalue weighted by molar-refractivity contribution is -0.176. The molecule has 7 N–H and O–H groups in total. The summed E-state index contributed by atoms with van der Waals surface area (Å²) in [5.41, 5.74) is 0. The van der Waals surface area contributed by atoms with Gasteiger partial charge in [0.2, 0.25) is 0 Å². The number of carboxylic acid groups (broad SMARTS) is 1. The van der Waals surface area contributed by atoms with Gasteiger partial charge < -0.3 is 10.6 Å². The molecule has 0 saturated heterocycles. The number of hydrogen-bond acceptors (Lipinski definition) is 5. The highest BCUT2D eigenvalue weighted by Gasteiger charge is 1.84. The summed E-state index contributed by atoms with van der Waals surface area (Å²) in [7, 11) is -4.67. The van der Waals surface area contributed by atoms with Gasteiger partial charge in [0, 0.05) is 6.92 Å². The first-order valence-electron chi connectivity index (χ1n) is 1.83. The third-order valence-electron chi connectivity index (χ3n) is 0. The van der Waals surface area contributed by atoms with Crippen molar-refractivity contribution in [2.75, 3.05) is 0 Å². The van der Waals surface area contributed by atoms with Gasteiger partial charge in [-0.05, 0) is 0 Å². The number of carbonyl (C=O) groups is 1. The predicted molar refractivity (Wildman–Crippen MR) is 36.4 cm³/mol. The lowest BCUT2D eigenvalue weighted by atomic mass is 10.9. The van der Waals surface area contributed by atoms with Gasteiger partial charge >= 0.3 is 10.4 Å². The summed E-state index contributed by atoms with van der Waals surface area (Å²) in [5.74, 6) is -0.833. The van der Waals surface area contributed by atoms with Gasteiger partial charge in [-0.15, -0.1) is 0 Å². The van der Waals surface area contributed by atoms with E-state index in [2.05, 4.69) is 0 Å². The van der Waals surface area contributed by atoms with Crippen LogP contribution in [0.2, 0.25) is 0 Å². The molecule has 0 spiro atoms. The van der Waals surface area contributed by atoms with E-state index in [0.717, 1.165) is 6.92 Å². The Hall–Kier alpha value is -0.780. The Morgan fingerprint density at radius 1 is 1.17 bits per heavy atom. The van der Waals surface area contributed by atoms with E-state index < -0.39 is 16.4 Å². The smallest absolute Gasteiger partial charge is 0.394 e. The van der Waals surface area contributed by atoms with Crippen molar-refractivity contribution in [3.8, 4) is 0 Å². The minimum atomic E-state index is -4.67. The number of aliphatic carboxylic acids is 1. The predicted octanol–water partition coefficient (Wildman–Crippen LogP) is -1.37. The Bertz CT molecular complexity index is 155. The molecule has 0 aromatic heterocycles. The molecule has 0 aliphatic carbocycles. The summed E-state index contributed by atoms with van der Waals surface area (Å²) >= 11 is 0. The van der Waals surface area contributed by atoms with E-state index in [-0.39, 0.29) is 5.48 Å². The topological polar surface area (TPSA) is 184 Å². The van der Waals surface area contributed by atoms with Gasteiger partial charge in [0.15, 0.2) is 0 Å². The molecule has 78 valence electrons. The van der Waals surface area contributed by atoms with E-state index in [9.17, 15) is 0 Å². The fraction of sp³-hybridized carbons (Fsp3) is 0.500. The Morgan fingerprint density at radius 3 is 1.17 bits per heavy atom. The zero-order chi connectivity index (χ0) is 10.1. The highest BCUT2D eigenvalue weighted by molar-refractivity contribution is 7.79. The zero-order valence-corrected chi connectivity index (χ0v) is 6.69. The van der Waals surface area contributed by atoms with Crippen LogP contribution in [0, 0.1) is 0 Å². The van der Waals surface area contributed by atoms with Gasteiger partial charge in [-0.1, -0.05) is 0 Å². The first-order valence-corrected chi connectivity index (χ1v) is 3.22. The van der Waals surface area contributed by atoms with Crippen molar-refractivity contribution in [2.45, 2.75) is 6.92 Å². The van der Waals surface area contributed by atoms with Crippen LogP contribution in [0.5, 0.6) is 0 Å². The van der Waals surface area contributed by atoms with Crippen LogP contribution in [-0.2, 0) is 15.2 Å². The summed E-state index contributed by atoms with van der Waals surface area (Å²) in [6.07, 6.45) is 0. The van der Waals surface area contributed by atoms with Crippen molar-refractivity contribution in [2.24, 2.45) is 0 Å². The maximum Gasteiger partial charge on any atom is 0.394 e. The molecule has 0 rings (SSSR count). The van der Waals surface area contributed by atoms with E-state index in [1.165, 1.54) is 0 Å². The fourth-order valence-corrected chi connectivity index (χ4v) is 0. The Balaban J connectivity index is -0.0000000419. The molecule has 0 unspecified atom stereocenters. The quantitative estimate of drug-likeness (QED) is 0.184. The molecule has 0 radical (unpaired) electrons. The average molecular weight is 210 g/mol. The van der Waals surface area contributed by atoms with E-state index >= 15 is 0 Å². The minimum Gasteiger partial charge on any atom is -0.481 e. The highest BCUT2D eigenvalue weighted by atomic mass is 32.3. The van der Waals surface area contributed by atoms with Crippen molar-refractivity contribution < 1.29 is 43.4 Å². The molecular weight excluding hydrogens is 200 g/mol. The summed E-state index contributed by atoms with van der Waals surface area (Å²) < 4.78 is 31.6. The molecule has 0 atom stereocenters. The second-order valence-corrected chi connectivity index (χ2v) is 1.86. The second kappa shape index (κ2) is 12.9. The minimum absolute atomic E-state index is 0. The van der Waals surface area contributed by atoms with Crippen LogP contribution < -0.4 is 0 Å². The third kappa shape index (κ3) is 1020. The molecule has 0 aromatic rings. The van der Waals surface area contributed by atoms with Crippen LogP contribution >= 0.6 is 0 Å². The molecule has 12 heavy (non-hydrogen) atoms. The summed E-state index contributed by atoms with van der Waals surface area (Å²) in [4.78, 5) is 9.00. The lowest BCUT2D eigenvalue weighted by Gasteiger charge is -1.68. The van der Waals surface area contributed by atoms with Crippen LogP contribution in [0.25, 0.3) is 0 Å². The molecule has 0 bridgehead atoms. The average Bonchev–Trinajstić information content (AvgIpc) is 1.63. The molecule has 0 aliphatic heterocycles. The normalized spacial score (nSPS) is 7.42. The van der Waals surface area contributed by atoms with Crippen molar-refractivity contribution in [3.63, 3.8) is 0 Å². The zero-order valence-electron chi connectivity index (χ0n) is 5.87. The number of rotatable bonds is 0. The van der Waals surface area contributed by atoms with Crippen LogP contribution in [0.15, 0.2) is 0 Å². The van der Waals surface area contributed by atoms with Crippen LogP contribution in [-0.4, -0.2) is 44.6 Å². The maximum absolute atomic E-state index is 9.00. The lowest BCUT2D eigenvalue weighted by Crippen LogP contribution is -1.89. The van der Waals surface area contributed by atoms with Gasteiger partial charge in [0.25, 0.3) is 5.97 Å². The number of carboxylic acids is 1. The van der Waals surface area contributed by atoms with Crippen LogP contribution in [0.4, 0.5) is 0 Å². The molecular formula is C2H10O9S. The van der Waals surface area contributed by atoms with E-state index in [4.69, 9.17) is 37.9 Å². The van der Waals surface area contributed by atoms with Crippen molar-refractivity contribution in [1.29, 1.82) is 0 Å². The molecule has 0 heterocycles. The van der Waals surface area contributed by atoms with E-state index in [1.54, 1.807) is 0 Å². The van der Waals surface area contributed by atoms with E-state index in [0.29, 0.717) is 0 Å². The van der Waals surface area contributed by atoms with E-state index in [1.807, 2.05) is 0 Å². The van der Waals surface area contributed by atoms with Crippen molar-refractivity contribution in [1.82, 2.24) is 0 Å². The summed E-state index contributed by atoms with van der Waals surface area (Å²) in [6.45, 7) is 1.08. The monoisotopic (exact) mass is 210 g/mol. The van der Waals surface area contributed by atoms with Crippen molar-refractivity contribution in [3.05, 3.63) is 0 Å². The molecule has 0 aromatic carbocycles. The number of hydrogen-bond donors (Lipinski definition) is 5. The van der Waals surface area contributed by atoms with Gasteiger partial charge in [0.1, 0.15) is 0 Å². The van der Waals surface area contributed by atoms with Crippen LogP contribution in [0.3, 0.4) is 0 Å². The summed E-state index contributed by atoms with van der Waals surface area (Å²) in [5, 5.41) is 19.4. The highest BCUT2D eigenvalue weighted by Crippen LogP contribution is 1.59.